The van der Waals surface area contributed by atoms with E-state index in [1.807, 2.05) is 0 Å². The Morgan fingerprint density at radius 3 is 2.04 bits per heavy atom. The summed E-state index contributed by atoms with van der Waals surface area (Å²) in [5, 5.41) is 0. The van der Waals surface area contributed by atoms with E-state index in [4.69, 9.17) is 0 Å². The van der Waals surface area contributed by atoms with Crippen molar-refractivity contribution in [3.05, 3.63) is 6.92 Å². The molecule has 2 heteroatoms. The topological polar surface area (TPSA) is 0 Å². The Balaban J connectivity index is 0.00000484. The Hall–Kier alpha value is 1.55. The molecular weight excluding hydrogens is 323 g/mol. The van der Waals surface area contributed by atoms with Gasteiger partial charge in [0.15, 0.2) is 0 Å². The van der Waals surface area contributed by atoms with Gasteiger partial charge >= 0.3 is 51.4 Å². The van der Waals surface area contributed by atoms with E-state index < -0.39 is 0 Å². The summed E-state index contributed by atoms with van der Waals surface area (Å²) >= 11 is 2.07. The van der Waals surface area contributed by atoms with Crippen LogP contribution in [-0.4, -0.2) is 11.5 Å². The molecule has 0 N–H and O–H groups in total. The van der Waals surface area contributed by atoms with Crippen LogP contribution in [0, 0.1) is 24.7 Å². The molecule has 0 atom stereocenters. The van der Waals surface area contributed by atoms with Gasteiger partial charge in [-0.3, -0.25) is 0 Å². The maximum atomic E-state index is 3.87. The van der Waals surface area contributed by atoms with Crippen molar-refractivity contribution in [2.45, 2.75) is 96.3 Å². The van der Waals surface area contributed by atoms with Crippen molar-refractivity contribution < 1.29 is 51.4 Å². The molecule has 0 unspecified atom stereocenters. The molecule has 1 aliphatic carbocycles. The maximum Gasteiger partial charge on any atom is 1.00 e. The van der Waals surface area contributed by atoms with Crippen LogP contribution < -0.4 is 51.4 Å². The minimum absolute atomic E-state index is 0. The fourth-order valence-corrected chi connectivity index (χ4v) is 3.96. The van der Waals surface area contributed by atoms with Crippen LogP contribution in [0.3, 0.4) is 0 Å². The molecule has 128 valence electrons. The molecule has 0 amide bonds. The minimum Gasteiger partial charge on any atom is -0.343 e. The zero-order valence-corrected chi connectivity index (χ0v) is 19.7. The summed E-state index contributed by atoms with van der Waals surface area (Å²) in [4.78, 5) is 0. The van der Waals surface area contributed by atoms with Gasteiger partial charge in [0.2, 0.25) is 0 Å². The zero-order chi connectivity index (χ0) is 15.7. The number of thioether (sulfide) groups is 1. The van der Waals surface area contributed by atoms with Crippen molar-refractivity contribution in [2.24, 2.45) is 5.92 Å². The third kappa shape index (κ3) is 16.7. The number of unbranched alkanes of at least 4 members (excludes halogenated alkanes) is 8. The van der Waals surface area contributed by atoms with Gasteiger partial charge in [0.1, 0.15) is 0 Å². The Morgan fingerprint density at radius 2 is 1.39 bits per heavy atom. The van der Waals surface area contributed by atoms with Crippen LogP contribution in [0.5, 0.6) is 0 Å². The molecule has 0 bridgehead atoms. The van der Waals surface area contributed by atoms with Crippen LogP contribution in [0.2, 0.25) is 0 Å². The van der Waals surface area contributed by atoms with Crippen molar-refractivity contribution >= 4 is 11.8 Å². The molecule has 0 radical (unpaired) electrons. The van der Waals surface area contributed by atoms with Gasteiger partial charge in [0.25, 0.3) is 0 Å². The second-order valence-corrected chi connectivity index (χ2v) is 7.93. The third-order valence-electron chi connectivity index (χ3n) is 4.54. The SMILES string of the molecule is [CH2-]CCSCCCCCCCCCCC#CC1CCCCC1.[K+]. The predicted octanol–water partition coefficient (Wildman–Crippen LogP) is 4.04. The molecular formula is C21H37KS. The summed E-state index contributed by atoms with van der Waals surface area (Å²) < 4.78 is 0. The quantitative estimate of drug-likeness (QED) is 0.219. The van der Waals surface area contributed by atoms with Crippen LogP contribution in [0.25, 0.3) is 0 Å². The van der Waals surface area contributed by atoms with E-state index in [1.165, 1.54) is 95.0 Å². The van der Waals surface area contributed by atoms with Crippen LogP contribution in [0.1, 0.15) is 96.3 Å². The molecule has 1 rings (SSSR count). The predicted molar refractivity (Wildman–Crippen MR) is 103 cm³/mol. The van der Waals surface area contributed by atoms with Crippen molar-refractivity contribution in [1.82, 2.24) is 0 Å². The van der Waals surface area contributed by atoms with Crippen molar-refractivity contribution in [2.75, 3.05) is 11.5 Å². The van der Waals surface area contributed by atoms with Crippen LogP contribution in [-0.2, 0) is 0 Å². The summed E-state index contributed by atoms with van der Waals surface area (Å²) in [6.07, 6.45) is 20.5. The monoisotopic (exact) mass is 360 g/mol. The Bertz CT molecular complexity index is 286. The maximum absolute atomic E-state index is 3.87. The summed E-state index contributed by atoms with van der Waals surface area (Å²) in [7, 11) is 0. The van der Waals surface area contributed by atoms with Crippen molar-refractivity contribution in [1.29, 1.82) is 0 Å². The van der Waals surface area contributed by atoms with E-state index in [-0.39, 0.29) is 51.4 Å². The van der Waals surface area contributed by atoms with Gasteiger partial charge in [-0.2, -0.15) is 18.2 Å². The van der Waals surface area contributed by atoms with Crippen molar-refractivity contribution in [3.63, 3.8) is 0 Å². The zero-order valence-electron chi connectivity index (χ0n) is 15.7. The molecule has 1 saturated carbocycles. The molecule has 0 heterocycles. The van der Waals surface area contributed by atoms with E-state index >= 15 is 0 Å². The Labute approximate surface area is 193 Å². The molecule has 0 aromatic heterocycles. The Morgan fingerprint density at radius 1 is 0.783 bits per heavy atom. The fourth-order valence-electron chi connectivity index (χ4n) is 3.15. The average molecular weight is 361 g/mol. The molecule has 1 aliphatic rings. The molecule has 1 fully saturated rings. The van der Waals surface area contributed by atoms with Gasteiger partial charge in [0.05, 0.1) is 0 Å². The fraction of sp³-hybridized carbons (Fsp3) is 0.857. The summed E-state index contributed by atoms with van der Waals surface area (Å²) in [5.41, 5.74) is 0. The molecule has 0 aromatic carbocycles. The van der Waals surface area contributed by atoms with E-state index in [2.05, 4.69) is 30.5 Å². The number of rotatable bonds is 12. The van der Waals surface area contributed by atoms with Gasteiger partial charge in [-0.1, -0.05) is 63.7 Å². The average Bonchev–Trinajstić information content (AvgIpc) is 2.56. The van der Waals surface area contributed by atoms with Crippen LogP contribution >= 0.6 is 11.8 Å². The van der Waals surface area contributed by atoms with Crippen LogP contribution in [0.4, 0.5) is 0 Å². The molecule has 0 nitrogen and oxygen atoms in total. The standard InChI is InChI=1S/C21H37S.K/c1-2-19-22-20-15-10-8-6-4-3-5-7-9-12-16-21-17-13-11-14-18-21;/h21H,1-11,13-15,17-20H2;/q-1;+1. The largest absolute Gasteiger partial charge is 1.00 e. The molecule has 0 saturated heterocycles. The van der Waals surface area contributed by atoms with Gasteiger partial charge in [0, 0.05) is 12.3 Å². The van der Waals surface area contributed by atoms with E-state index in [9.17, 15) is 0 Å². The first-order valence-electron chi connectivity index (χ1n) is 9.79. The van der Waals surface area contributed by atoms with E-state index in [0.717, 1.165) is 18.8 Å². The summed E-state index contributed by atoms with van der Waals surface area (Å²) in [6.45, 7) is 3.87. The van der Waals surface area contributed by atoms with E-state index in [1.54, 1.807) is 0 Å². The molecule has 0 aromatic rings. The second-order valence-electron chi connectivity index (χ2n) is 6.70. The first kappa shape index (κ1) is 24.5. The summed E-state index contributed by atoms with van der Waals surface area (Å²) in [5.74, 6) is 10.3. The molecule has 0 aliphatic heterocycles. The van der Waals surface area contributed by atoms with E-state index in [0.29, 0.717) is 0 Å². The van der Waals surface area contributed by atoms with Crippen LogP contribution in [0.15, 0.2) is 0 Å². The number of hydrogen-bond donors (Lipinski definition) is 0. The first-order chi connectivity index (χ1) is 10.9. The van der Waals surface area contributed by atoms with Gasteiger partial charge in [-0.05, 0) is 37.2 Å². The summed E-state index contributed by atoms with van der Waals surface area (Å²) in [6, 6.07) is 0. The Kier molecular flexibility index (Phi) is 21.2. The smallest absolute Gasteiger partial charge is 0.343 e. The first-order valence-corrected chi connectivity index (χ1v) is 10.9. The normalized spacial score (nSPS) is 14.8. The third-order valence-corrected chi connectivity index (χ3v) is 5.70. The van der Waals surface area contributed by atoms with Gasteiger partial charge in [-0.15, -0.1) is 5.92 Å². The molecule has 23 heavy (non-hydrogen) atoms. The number of hydrogen-bond acceptors (Lipinski definition) is 1. The minimum atomic E-state index is 0. The van der Waals surface area contributed by atoms with Crippen molar-refractivity contribution in [3.8, 4) is 11.8 Å². The molecule has 0 spiro atoms. The second kappa shape index (κ2) is 19.9. The van der Waals surface area contributed by atoms with Gasteiger partial charge < -0.3 is 6.92 Å². The van der Waals surface area contributed by atoms with Gasteiger partial charge in [-0.25, -0.2) is 0 Å².